The Morgan fingerprint density at radius 2 is 1.74 bits per heavy atom. The van der Waals surface area contributed by atoms with Gasteiger partial charge in [0.25, 0.3) is 0 Å². The van der Waals surface area contributed by atoms with Crippen molar-refractivity contribution in [3.05, 3.63) is 68.3 Å². The van der Waals surface area contributed by atoms with Crippen molar-refractivity contribution >= 4 is 43.1 Å². The van der Waals surface area contributed by atoms with Crippen molar-refractivity contribution in [2.75, 3.05) is 0 Å². The van der Waals surface area contributed by atoms with E-state index in [1.54, 1.807) is 6.92 Å². The fourth-order valence-electron chi connectivity index (χ4n) is 1.77. The molecule has 0 saturated heterocycles. The van der Waals surface area contributed by atoms with E-state index in [2.05, 4.69) is 25.8 Å². The highest BCUT2D eigenvalue weighted by molar-refractivity contribution is 14.1. The minimum atomic E-state index is -4.51. The first-order valence-electron chi connectivity index (χ1n) is 6.47. The molecule has 0 fully saturated rings. The average Bonchev–Trinajstić information content (AvgIpc) is 2.43. The molecule has 124 valence electrons. The first kappa shape index (κ1) is 22.2. The minimum absolute atomic E-state index is 0.00783. The molecule has 0 aromatic heterocycles. The van der Waals surface area contributed by atoms with Crippen molar-refractivity contribution in [1.29, 1.82) is 0 Å². The summed E-state index contributed by atoms with van der Waals surface area (Å²) in [5.74, 6) is -1.86. The summed E-state index contributed by atoms with van der Waals surface area (Å²) in [5.41, 5.74) is 6.03. The van der Waals surface area contributed by atoms with Crippen LogP contribution in [-0.4, -0.2) is 14.0 Å². The van der Waals surface area contributed by atoms with Gasteiger partial charge in [-0.25, -0.2) is 0 Å². The van der Waals surface area contributed by atoms with E-state index in [4.69, 9.17) is 13.6 Å². The molecule has 1 unspecified atom stereocenters. The van der Waals surface area contributed by atoms with E-state index in [9.17, 15) is 13.2 Å². The van der Waals surface area contributed by atoms with Crippen molar-refractivity contribution in [3.63, 3.8) is 0 Å². The summed E-state index contributed by atoms with van der Waals surface area (Å²) >= 11 is 5.99. The molecule has 0 heterocycles. The number of nitrogens with two attached hydrogens (primary N) is 1. The van der Waals surface area contributed by atoms with Gasteiger partial charge < -0.3 is 5.73 Å². The first-order chi connectivity index (χ1) is 10.4. The van der Waals surface area contributed by atoms with E-state index in [0.29, 0.717) is 8.48 Å². The highest BCUT2D eigenvalue weighted by Gasteiger charge is 2.42. The molecule has 0 spiro atoms. The maximum absolute atomic E-state index is 13.5. The fraction of sp³-hybridized carbons (Fsp3) is 0.250. The molecule has 0 aliphatic carbocycles. The lowest BCUT2D eigenvalue weighted by Gasteiger charge is -2.23. The van der Waals surface area contributed by atoms with Gasteiger partial charge in [-0.05, 0) is 29.1 Å². The van der Waals surface area contributed by atoms with Crippen LogP contribution in [0.25, 0.3) is 0 Å². The summed E-state index contributed by atoms with van der Waals surface area (Å²) in [7, 11) is 5.75. The molecule has 23 heavy (non-hydrogen) atoms. The smallest absolute Gasteiger partial charge is 0.398 e. The number of alkyl halides is 3. The molecule has 0 rings (SSSR count). The van der Waals surface area contributed by atoms with Gasteiger partial charge in [-0.3, -0.25) is 0 Å². The predicted octanol–water partition coefficient (Wildman–Crippen LogP) is 5.34. The Balaban J connectivity index is 6.19. The lowest BCUT2D eigenvalue weighted by atomic mass is 9.85. The summed E-state index contributed by atoms with van der Waals surface area (Å²) in [4.78, 5) is 0.303. The molecule has 0 aromatic rings. The number of hydrogen-bond donors (Lipinski definition) is 2. The largest absolute Gasteiger partial charge is 0.399 e. The van der Waals surface area contributed by atoms with Gasteiger partial charge in [0.1, 0.15) is 13.8 Å². The molecular formula is C16H18BF3INS. The van der Waals surface area contributed by atoms with Crippen molar-refractivity contribution in [1.82, 2.24) is 0 Å². The van der Waals surface area contributed by atoms with Crippen LogP contribution in [0.3, 0.4) is 0 Å². The molecular weight excluding hydrogens is 433 g/mol. The number of halogens is 4. The third kappa shape index (κ3) is 7.07. The molecule has 7 heteroatoms. The van der Waals surface area contributed by atoms with Crippen LogP contribution in [0.4, 0.5) is 13.2 Å². The van der Waals surface area contributed by atoms with Crippen LogP contribution in [0.2, 0.25) is 0 Å². The number of rotatable bonds is 6. The summed E-state index contributed by atoms with van der Waals surface area (Å²) in [6, 6.07) is 0. The Morgan fingerprint density at radius 1 is 1.22 bits per heavy atom. The van der Waals surface area contributed by atoms with Gasteiger partial charge in [-0.15, -0.1) is 12.6 Å². The van der Waals surface area contributed by atoms with Crippen molar-refractivity contribution in [2.24, 2.45) is 11.7 Å². The summed E-state index contributed by atoms with van der Waals surface area (Å²) in [6.07, 6.45) is 0.507. The van der Waals surface area contributed by atoms with Gasteiger partial charge in [0.05, 0.1) is 0 Å². The van der Waals surface area contributed by atoms with E-state index >= 15 is 0 Å². The quantitative estimate of drug-likeness (QED) is 0.243. The molecule has 1 atom stereocenters. The number of hydrogen-bond acceptors (Lipinski definition) is 2. The number of thiol groups is 1. The SMILES string of the molecule is [B]C(/C=C(\C=C)C(/C(C)=C/C(N)=C(/S)C=C)C(F)(F)F)=C(/C)I. The van der Waals surface area contributed by atoms with E-state index in [0.717, 1.165) is 6.08 Å². The van der Waals surface area contributed by atoms with Gasteiger partial charge in [-0.2, -0.15) is 13.2 Å². The zero-order valence-corrected chi connectivity index (χ0v) is 16.0. The van der Waals surface area contributed by atoms with Gasteiger partial charge in [0, 0.05) is 10.6 Å². The highest BCUT2D eigenvalue weighted by atomic mass is 127. The molecule has 2 radical (unpaired) electrons. The molecule has 0 aliphatic rings. The summed E-state index contributed by atoms with van der Waals surface area (Å²) < 4.78 is 41.2. The Kier molecular flexibility index (Phi) is 9.13. The van der Waals surface area contributed by atoms with Crippen LogP contribution in [0.5, 0.6) is 0 Å². The fourth-order valence-corrected chi connectivity index (χ4v) is 1.99. The van der Waals surface area contributed by atoms with E-state index in [1.165, 1.54) is 25.2 Å². The molecule has 2 N–H and O–H groups in total. The topological polar surface area (TPSA) is 26.0 Å². The molecule has 0 aliphatic heterocycles. The Bertz CT molecular complexity index is 597. The molecule has 0 bridgehead atoms. The van der Waals surface area contributed by atoms with Gasteiger partial charge >= 0.3 is 6.18 Å². The zero-order valence-electron chi connectivity index (χ0n) is 12.9. The average molecular weight is 451 g/mol. The Hall–Kier alpha value is -0.825. The summed E-state index contributed by atoms with van der Waals surface area (Å²) in [6.45, 7) is 10.0. The van der Waals surface area contributed by atoms with Crippen LogP contribution >= 0.6 is 35.2 Å². The Morgan fingerprint density at radius 3 is 2.09 bits per heavy atom. The van der Waals surface area contributed by atoms with E-state index < -0.39 is 12.1 Å². The van der Waals surface area contributed by atoms with Crippen LogP contribution in [0.1, 0.15) is 13.8 Å². The van der Waals surface area contributed by atoms with E-state index in [1.807, 2.05) is 22.6 Å². The van der Waals surface area contributed by atoms with Crippen molar-refractivity contribution < 1.29 is 13.2 Å². The van der Waals surface area contributed by atoms with Gasteiger partial charge in [-0.1, -0.05) is 65.0 Å². The molecule has 0 aromatic carbocycles. The van der Waals surface area contributed by atoms with Crippen molar-refractivity contribution in [2.45, 2.75) is 20.0 Å². The monoisotopic (exact) mass is 451 g/mol. The number of allylic oxidation sites excluding steroid dienone is 8. The Labute approximate surface area is 155 Å². The van der Waals surface area contributed by atoms with Gasteiger partial charge in [0.2, 0.25) is 0 Å². The van der Waals surface area contributed by atoms with Crippen LogP contribution in [-0.2, 0) is 0 Å². The standard InChI is InChI=1S/C16H18BF3INS/c1-5-11(8-12(17)10(4)21)15(16(18,19)20)9(3)7-13(22)14(23)6-2/h5-8,15,23H,1-2,22H2,3-4H3/b9-7+,11-8+,12-10-,14-13-. The zero-order chi connectivity index (χ0) is 18.4. The predicted molar refractivity (Wildman–Crippen MR) is 104 cm³/mol. The molecule has 0 saturated carbocycles. The van der Waals surface area contributed by atoms with Crippen molar-refractivity contribution in [3.8, 4) is 0 Å². The maximum Gasteiger partial charge on any atom is 0.399 e. The highest BCUT2D eigenvalue weighted by Crippen LogP contribution is 2.38. The second-order valence-corrected chi connectivity index (χ2v) is 6.84. The second kappa shape index (κ2) is 9.47. The van der Waals surface area contributed by atoms with Crippen LogP contribution < -0.4 is 5.73 Å². The summed E-state index contributed by atoms with van der Waals surface area (Å²) in [5, 5.41) is 0. The lowest BCUT2D eigenvalue weighted by Crippen LogP contribution is -2.26. The van der Waals surface area contributed by atoms with Gasteiger partial charge in [0.15, 0.2) is 0 Å². The maximum atomic E-state index is 13.5. The van der Waals surface area contributed by atoms with E-state index in [-0.39, 0.29) is 22.3 Å². The normalized spacial score (nSPS) is 17.2. The minimum Gasteiger partial charge on any atom is -0.398 e. The van der Waals surface area contributed by atoms with Crippen LogP contribution in [0, 0.1) is 5.92 Å². The second-order valence-electron chi connectivity index (χ2n) is 4.74. The molecule has 1 nitrogen and oxygen atoms in total. The van der Waals surface area contributed by atoms with Crippen LogP contribution in [0.15, 0.2) is 68.3 Å². The third-order valence-electron chi connectivity index (χ3n) is 2.94. The third-order valence-corrected chi connectivity index (χ3v) is 4.01. The lowest BCUT2D eigenvalue weighted by molar-refractivity contribution is -0.153. The first-order valence-corrected chi connectivity index (χ1v) is 8.00. The molecule has 0 amide bonds.